The minimum Gasteiger partial charge on any atom is -0.338 e. The first-order valence-corrected chi connectivity index (χ1v) is 13.5. The fourth-order valence-corrected chi connectivity index (χ4v) is 5.48. The quantitative estimate of drug-likeness (QED) is 0.188. The highest BCUT2D eigenvalue weighted by Crippen LogP contribution is 2.36. The van der Waals surface area contributed by atoms with Gasteiger partial charge in [-0.1, -0.05) is 13.3 Å². The van der Waals surface area contributed by atoms with E-state index in [4.69, 9.17) is 0 Å². The number of carbonyl (C=O) groups is 2. The number of nitrogens with zero attached hydrogens (tertiary/aromatic N) is 4. The minimum absolute atomic E-state index is 0.0200. The number of hydrogen-bond acceptors (Lipinski definition) is 7. The highest BCUT2D eigenvalue weighted by atomic mass is 32.1. The van der Waals surface area contributed by atoms with Gasteiger partial charge in [-0.3, -0.25) is 19.7 Å². The maximum Gasteiger partial charge on any atom is 0.224 e. The number of rotatable bonds is 8. The minimum atomic E-state index is -0.0200. The zero-order valence-electron chi connectivity index (χ0n) is 21.4. The molecule has 0 aromatic carbocycles. The molecule has 6 aromatic heterocycles. The Morgan fingerprint density at radius 3 is 2.67 bits per heavy atom. The van der Waals surface area contributed by atoms with Crippen LogP contribution in [0.4, 0.5) is 5.69 Å². The van der Waals surface area contributed by atoms with Crippen LogP contribution in [0.2, 0.25) is 0 Å². The van der Waals surface area contributed by atoms with Crippen molar-refractivity contribution in [2.24, 2.45) is 0 Å². The maximum atomic E-state index is 12.2. The standard InChI is InChI=1S/C29H25N7O2S/c1-3-4-5-26(38)33-19-10-17(13-30-15-19)18-11-22-27(35-36-29(22)32-14-18)23-12-21-20(8-9-31-28(21)34-23)25-7-6-24(39-25)16(2)37/h6-15H,3-5H2,1-2H3,(H,31,34)(H,33,38)(H,32,35,36). The summed E-state index contributed by atoms with van der Waals surface area (Å²) in [5.74, 6) is 0.0329. The van der Waals surface area contributed by atoms with Crippen molar-refractivity contribution in [3.63, 3.8) is 0 Å². The fraction of sp³-hybridized carbons (Fsp3) is 0.172. The van der Waals surface area contributed by atoms with Crippen molar-refractivity contribution in [3.8, 4) is 33.0 Å². The topological polar surface area (TPSA) is 129 Å². The van der Waals surface area contributed by atoms with E-state index in [9.17, 15) is 9.59 Å². The number of Topliss-reactive ketones (excluding diaryl/α,β-unsaturated/α-hetero) is 1. The molecule has 0 saturated heterocycles. The van der Waals surface area contributed by atoms with Crippen LogP contribution in [0.5, 0.6) is 0 Å². The molecule has 0 bridgehead atoms. The molecular formula is C29H25N7O2S. The molecule has 6 aromatic rings. The van der Waals surface area contributed by atoms with Crippen molar-refractivity contribution in [3.05, 3.63) is 66.1 Å². The first-order valence-electron chi connectivity index (χ1n) is 12.7. The summed E-state index contributed by atoms with van der Waals surface area (Å²) >= 11 is 1.47. The van der Waals surface area contributed by atoms with Gasteiger partial charge in [-0.05, 0) is 49.7 Å². The Morgan fingerprint density at radius 1 is 0.974 bits per heavy atom. The third kappa shape index (κ3) is 4.82. The zero-order chi connectivity index (χ0) is 26.9. The Kier molecular flexibility index (Phi) is 6.45. The lowest BCUT2D eigenvalue weighted by atomic mass is 10.1. The van der Waals surface area contributed by atoms with Crippen LogP contribution in [0, 0.1) is 0 Å². The Balaban J connectivity index is 1.36. The number of fused-ring (bicyclic) bond motifs is 2. The second-order valence-electron chi connectivity index (χ2n) is 9.33. The number of pyridine rings is 3. The van der Waals surface area contributed by atoms with E-state index in [0.717, 1.165) is 67.1 Å². The van der Waals surface area contributed by atoms with Gasteiger partial charge in [-0.2, -0.15) is 5.10 Å². The van der Waals surface area contributed by atoms with Gasteiger partial charge < -0.3 is 10.3 Å². The van der Waals surface area contributed by atoms with E-state index in [2.05, 4.69) is 42.4 Å². The predicted octanol–water partition coefficient (Wildman–Crippen LogP) is 6.62. The highest BCUT2D eigenvalue weighted by molar-refractivity contribution is 7.17. The third-order valence-corrected chi connectivity index (χ3v) is 7.75. The number of H-pyrrole nitrogens is 2. The predicted molar refractivity (Wildman–Crippen MR) is 154 cm³/mol. The van der Waals surface area contributed by atoms with Crippen molar-refractivity contribution in [1.29, 1.82) is 0 Å². The maximum absolute atomic E-state index is 12.2. The summed E-state index contributed by atoms with van der Waals surface area (Å²) in [5, 5.41) is 12.3. The molecule has 3 N–H and O–H groups in total. The van der Waals surface area contributed by atoms with E-state index in [0.29, 0.717) is 17.8 Å². The molecule has 0 aliphatic heterocycles. The summed E-state index contributed by atoms with van der Waals surface area (Å²) in [6, 6.07) is 11.7. The van der Waals surface area contributed by atoms with Crippen LogP contribution in [0.25, 0.3) is 55.0 Å². The molecule has 0 unspecified atom stereocenters. The van der Waals surface area contributed by atoms with Crippen molar-refractivity contribution < 1.29 is 9.59 Å². The number of unbranched alkanes of at least 4 members (excludes halogenated alkanes) is 1. The van der Waals surface area contributed by atoms with Crippen LogP contribution >= 0.6 is 11.3 Å². The Hall–Kier alpha value is -4.70. The van der Waals surface area contributed by atoms with Gasteiger partial charge in [0.1, 0.15) is 11.3 Å². The number of ketones is 1. The third-order valence-electron chi connectivity index (χ3n) is 6.53. The molecular weight excluding hydrogens is 510 g/mol. The molecule has 9 nitrogen and oxygen atoms in total. The summed E-state index contributed by atoms with van der Waals surface area (Å²) in [5.41, 5.74) is 6.25. The second-order valence-corrected chi connectivity index (χ2v) is 10.4. The highest BCUT2D eigenvalue weighted by Gasteiger charge is 2.17. The van der Waals surface area contributed by atoms with E-state index in [-0.39, 0.29) is 11.7 Å². The number of aromatic nitrogens is 6. The van der Waals surface area contributed by atoms with Gasteiger partial charge in [-0.25, -0.2) is 9.97 Å². The number of anilines is 1. The van der Waals surface area contributed by atoms with Gasteiger partial charge in [0.2, 0.25) is 5.91 Å². The van der Waals surface area contributed by atoms with Crippen LogP contribution < -0.4 is 5.32 Å². The van der Waals surface area contributed by atoms with Gasteiger partial charge in [0, 0.05) is 57.4 Å². The van der Waals surface area contributed by atoms with Gasteiger partial charge in [0.05, 0.1) is 22.5 Å². The summed E-state index contributed by atoms with van der Waals surface area (Å²) in [4.78, 5) is 42.6. The van der Waals surface area contributed by atoms with Crippen molar-refractivity contribution in [1.82, 2.24) is 30.1 Å². The number of aromatic amines is 2. The molecule has 6 heterocycles. The van der Waals surface area contributed by atoms with E-state index in [1.54, 1.807) is 31.7 Å². The van der Waals surface area contributed by atoms with E-state index in [1.807, 2.05) is 36.4 Å². The number of hydrogen-bond donors (Lipinski definition) is 3. The van der Waals surface area contributed by atoms with Crippen LogP contribution in [0.15, 0.2) is 61.2 Å². The number of carbonyl (C=O) groups excluding carboxylic acids is 2. The molecule has 6 rings (SSSR count). The van der Waals surface area contributed by atoms with Gasteiger partial charge in [-0.15, -0.1) is 11.3 Å². The molecule has 1 amide bonds. The fourth-order valence-electron chi connectivity index (χ4n) is 4.53. The molecule has 0 fully saturated rings. The molecule has 0 spiro atoms. The lowest BCUT2D eigenvalue weighted by Crippen LogP contribution is -2.11. The molecule has 10 heteroatoms. The van der Waals surface area contributed by atoms with Gasteiger partial charge >= 0.3 is 0 Å². The molecule has 0 saturated carbocycles. The van der Waals surface area contributed by atoms with Gasteiger partial charge in [0.15, 0.2) is 11.4 Å². The first-order chi connectivity index (χ1) is 19.0. The molecule has 39 heavy (non-hydrogen) atoms. The monoisotopic (exact) mass is 535 g/mol. The molecule has 0 atom stereocenters. The molecule has 194 valence electrons. The number of amides is 1. The van der Waals surface area contributed by atoms with Crippen molar-refractivity contribution >= 4 is 50.8 Å². The van der Waals surface area contributed by atoms with Crippen LogP contribution in [-0.2, 0) is 4.79 Å². The van der Waals surface area contributed by atoms with E-state index in [1.165, 1.54) is 11.3 Å². The Morgan fingerprint density at radius 2 is 1.85 bits per heavy atom. The van der Waals surface area contributed by atoms with E-state index < -0.39 is 0 Å². The van der Waals surface area contributed by atoms with Crippen LogP contribution in [0.1, 0.15) is 42.8 Å². The second kappa shape index (κ2) is 10.2. The van der Waals surface area contributed by atoms with Crippen LogP contribution in [0.3, 0.4) is 0 Å². The van der Waals surface area contributed by atoms with E-state index >= 15 is 0 Å². The Bertz CT molecular complexity index is 1850. The average Bonchev–Trinajstić information content (AvgIpc) is 3.69. The van der Waals surface area contributed by atoms with Crippen LogP contribution in [-0.4, -0.2) is 41.8 Å². The van der Waals surface area contributed by atoms with Gasteiger partial charge in [0.25, 0.3) is 0 Å². The molecule has 0 aliphatic carbocycles. The summed E-state index contributed by atoms with van der Waals surface area (Å²) in [7, 11) is 0. The summed E-state index contributed by atoms with van der Waals surface area (Å²) in [6.07, 6.45) is 9.21. The SMILES string of the molecule is CCCCC(=O)Nc1cncc(-c2cnc3[nH]nc(-c4cc5c(-c6ccc(C(C)=O)s6)ccnc5[nH]4)c3c2)c1. The number of thiophene rings is 1. The summed E-state index contributed by atoms with van der Waals surface area (Å²) < 4.78 is 0. The van der Waals surface area contributed by atoms with Crippen molar-refractivity contribution in [2.75, 3.05) is 5.32 Å². The lowest BCUT2D eigenvalue weighted by Gasteiger charge is -2.07. The van der Waals surface area contributed by atoms with Crippen molar-refractivity contribution in [2.45, 2.75) is 33.1 Å². The lowest BCUT2D eigenvalue weighted by molar-refractivity contribution is -0.116. The smallest absolute Gasteiger partial charge is 0.224 e. The first kappa shape index (κ1) is 24.6. The largest absolute Gasteiger partial charge is 0.338 e. The summed E-state index contributed by atoms with van der Waals surface area (Å²) in [6.45, 7) is 3.63. The molecule has 0 radical (unpaired) electrons. The zero-order valence-corrected chi connectivity index (χ0v) is 22.2. The Labute approximate surface area is 227 Å². The normalized spacial score (nSPS) is 11.3. The molecule has 0 aliphatic rings. The average molecular weight is 536 g/mol. The number of nitrogens with one attached hydrogen (secondary N) is 3.